The molecule has 1 heterocycles. The number of rotatable bonds is 2. The number of anilines is 1. The van der Waals surface area contributed by atoms with Crippen LogP contribution in [0.4, 0.5) is 5.69 Å². The first-order valence-corrected chi connectivity index (χ1v) is 6.60. The number of carbonyl (C=O) groups excluding carboxylic acids is 1. The number of amides is 1. The second-order valence-electron chi connectivity index (χ2n) is 3.52. The van der Waals surface area contributed by atoms with Gasteiger partial charge in [0.15, 0.2) is 0 Å². The van der Waals surface area contributed by atoms with E-state index in [0.717, 1.165) is 8.95 Å². The molecule has 0 unspecified atom stereocenters. The normalized spacial score (nSPS) is 10.1. The third-order valence-electron chi connectivity index (χ3n) is 2.21. The third-order valence-corrected chi connectivity index (χ3v) is 3.40. The number of hydrogen-bond acceptors (Lipinski definition) is 2. The van der Waals surface area contributed by atoms with Crippen LogP contribution in [-0.2, 0) is 0 Å². The summed E-state index contributed by atoms with van der Waals surface area (Å²) >= 11 is 6.67. The van der Waals surface area contributed by atoms with Crippen molar-refractivity contribution in [2.75, 3.05) is 5.32 Å². The number of pyridine rings is 1. The number of benzene rings is 1. The van der Waals surface area contributed by atoms with Crippen LogP contribution in [-0.4, -0.2) is 10.9 Å². The van der Waals surface area contributed by atoms with Crippen molar-refractivity contribution in [3.63, 3.8) is 0 Å². The largest absolute Gasteiger partial charge is 0.329 e. The summed E-state index contributed by atoms with van der Waals surface area (Å²) in [5.74, 6) is -0.333. The Labute approximate surface area is 120 Å². The van der Waals surface area contributed by atoms with Crippen LogP contribution in [0.25, 0.3) is 0 Å². The third kappa shape index (κ3) is 3.08. The van der Waals surface area contributed by atoms with E-state index in [-0.39, 0.29) is 11.5 Å². The van der Waals surface area contributed by atoms with Gasteiger partial charge < -0.3 is 10.3 Å². The molecule has 2 aromatic rings. The van der Waals surface area contributed by atoms with Crippen LogP contribution in [0.1, 0.15) is 10.4 Å². The van der Waals surface area contributed by atoms with E-state index < -0.39 is 0 Å². The first-order chi connectivity index (χ1) is 8.56. The molecule has 1 aromatic carbocycles. The molecule has 0 spiro atoms. The molecule has 0 saturated heterocycles. The summed E-state index contributed by atoms with van der Waals surface area (Å²) in [7, 11) is 0. The molecule has 4 nitrogen and oxygen atoms in total. The Morgan fingerprint density at radius 3 is 2.67 bits per heavy atom. The monoisotopic (exact) mass is 370 g/mol. The quantitative estimate of drug-likeness (QED) is 0.851. The lowest BCUT2D eigenvalue weighted by Gasteiger charge is -2.07. The van der Waals surface area contributed by atoms with Crippen LogP contribution >= 0.6 is 31.9 Å². The van der Waals surface area contributed by atoms with Gasteiger partial charge in [0.25, 0.3) is 5.91 Å². The molecule has 18 heavy (non-hydrogen) atoms. The van der Waals surface area contributed by atoms with Crippen molar-refractivity contribution in [1.82, 2.24) is 4.98 Å². The second-order valence-corrected chi connectivity index (χ2v) is 5.29. The lowest BCUT2D eigenvalue weighted by atomic mass is 10.2. The maximum absolute atomic E-state index is 11.9. The summed E-state index contributed by atoms with van der Waals surface area (Å²) in [4.78, 5) is 25.5. The average molecular weight is 372 g/mol. The molecule has 0 saturated carbocycles. The van der Waals surface area contributed by atoms with Crippen LogP contribution in [0.2, 0.25) is 0 Å². The van der Waals surface area contributed by atoms with Gasteiger partial charge >= 0.3 is 0 Å². The molecule has 92 valence electrons. The maximum atomic E-state index is 11.9. The number of hydrogen-bond donors (Lipinski definition) is 2. The number of halogens is 2. The van der Waals surface area contributed by atoms with Crippen LogP contribution in [0, 0.1) is 0 Å². The van der Waals surface area contributed by atoms with Crippen molar-refractivity contribution >= 4 is 43.5 Å². The molecule has 2 rings (SSSR count). The van der Waals surface area contributed by atoms with E-state index in [0.29, 0.717) is 11.3 Å². The van der Waals surface area contributed by atoms with Crippen molar-refractivity contribution in [1.29, 1.82) is 0 Å². The van der Waals surface area contributed by atoms with Gasteiger partial charge in [-0.2, -0.15) is 0 Å². The summed E-state index contributed by atoms with van der Waals surface area (Å²) in [6.07, 6.45) is 1.44. The number of aromatic amines is 1. The molecule has 0 radical (unpaired) electrons. The van der Waals surface area contributed by atoms with Gasteiger partial charge in [0.05, 0.1) is 5.69 Å². The minimum atomic E-state index is -0.333. The minimum absolute atomic E-state index is 0.309. The molecule has 0 atom stereocenters. The Morgan fingerprint density at radius 1 is 1.17 bits per heavy atom. The fourth-order valence-corrected chi connectivity index (χ4v) is 2.08. The van der Waals surface area contributed by atoms with Gasteiger partial charge in [0, 0.05) is 26.8 Å². The van der Waals surface area contributed by atoms with Crippen molar-refractivity contribution < 1.29 is 4.79 Å². The highest BCUT2D eigenvalue weighted by Crippen LogP contribution is 2.26. The Kier molecular flexibility index (Phi) is 3.98. The van der Waals surface area contributed by atoms with E-state index in [1.54, 1.807) is 12.1 Å². The first-order valence-electron chi connectivity index (χ1n) is 5.01. The van der Waals surface area contributed by atoms with E-state index in [9.17, 15) is 9.59 Å². The highest BCUT2D eigenvalue weighted by molar-refractivity contribution is 9.11. The maximum Gasteiger partial charge on any atom is 0.255 e. The van der Waals surface area contributed by atoms with Gasteiger partial charge in [0.1, 0.15) is 0 Å². The van der Waals surface area contributed by atoms with Gasteiger partial charge in [-0.05, 0) is 40.2 Å². The zero-order chi connectivity index (χ0) is 13.1. The van der Waals surface area contributed by atoms with E-state index in [2.05, 4.69) is 42.2 Å². The minimum Gasteiger partial charge on any atom is -0.329 e. The lowest BCUT2D eigenvalue weighted by Crippen LogP contribution is -2.15. The SMILES string of the molecule is O=C(Nc1cc(Br)ccc1Br)c1cc[nH]c(=O)c1. The predicted molar refractivity (Wildman–Crippen MR) is 76.9 cm³/mol. The second kappa shape index (κ2) is 5.49. The molecule has 0 aliphatic heterocycles. The van der Waals surface area contributed by atoms with Gasteiger partial charge in [-0.3, -0.25) is 9.59 Å². The molecule has 0 bridgehead atoms. The van der Waals surface area contributed by atoms with Gasteiger partial charge in [0.2, 0.25) is 5.56 Å². The molecule has 0 aliphatic rings. The topological polar surface area (TPSA) is 62.0 Å². The van der Waals surface area contributed by atoms with Crippen LogP contribution < -0.4 is 10.9 Å². The molecule has 1 amide bonds. The molecule has 2 N–H and O–H groups in total. The van der Waals surface area contributed by atoms with Crippen LogP contribution in [0.15, 0.2) is 50.3 Å². The Bertz CT molecular complexity index is 653. The first kappa shape index (κ1) is 13.0. The van der Waals surface area contributed by atoms with E-state index in [1.165, 1.54) is 12.3 Å². The van der Waals surface area contributed by atoms with E-state index in [4.69, 9.17) is 0 Å². The van der Waals surface area contributed by atoms with Crippen LogP contribution in [0.5, 0.6) is 0 Å². The smallest absolute Gasteiger partial charge is 0.255 e. The number of H-pyrrole nitrogens is 1. The van der Waals surface area contributed by atoms with Crippen molar-refractivity contribution in [3.05, 3.63) is 61.4 Å². The van der Waals surface area contributed by atoms with E-state index >= 15 is 0 Å². The van der Waals surface area contributed by atoms with Gasteiger partial charge in [-0.1, -0.05) is 15.9 Å². The fourth-order valence-electron chi connectivity index (χ4n) is 1.37. The molecule has 6 heteroatoms. The van der Waals surface area contributed by atoms with Crippen molar-refractivity contribution in [2.24, 2.45) is 0 Å². The van der Waals surface area contributed by atoms with Crippen molar-refractivity contribution in [2.45, 2.75) is 0 Å². The summed E-state index contributed by atoms with van der Waals surface area (Å²) in [6.45, 7) is 0. The molecular weight excluding hydrogens is 364 g/mol. The standard InChI is InChI=1S/C12H8Br2N2O2/c13-8-1-2-9(14)10(6-8)16-12(18)7-3-4-15-11(17)5-7/h1-6H,(H,15,17)(H,16,18). The zero-order valence-corrected chi connectivity index (χ0v) is 12.2. The zero-order valence-electron chi connectivity index (χ0n) is 9.04. The number of nitrogens with one attached hydrogen (secondary N) is 2. The number of carbonyl (C=O) groups is 1. The number of aromatic nitrogens is 1. The fraction of sp³-hybridized carbons (Fsp3) is 0. The molecule has 0 fully saturated rings. The van der Waals surface area contributed by atoms with Crippen molar-refractivity contribution in [3.8, 4) is 0 Å². The average Bonchev–Trinajstić information content (AvgIpc) is 2.34. The summed E-state index contributed by atoms with van der Waals surface area (Å²) in [5.41, 5.74) is 0.635. The Balaban J connectivity index is 2.26. The summed E-state index contributed by atoms with van der Waals surface area (Å²) in [6, 6.07) is 8.24. The highest BCUT2D eigenvalue weighted by Gasteiger charge is 2.08. The van der Waals surface area contributed by atoms with E-state index in [1.807, 2.05) is 12.1 Å². The summed E-state index contributed by atoms with van der Waals surface area (Å²) < 4.78 is 1.62. The Morgan fingerprint density at radius 2 is 1.94 bits per heavy atom. The molecular formula is C12H8Br2N2O2. The molecule has 0 aliphatic carbocycles. The van der Waals surface area contributed by atoms with Gasteiger partial charge in [-0.15, -0.1) is 0 Å². The molecule has 1 aromatic heterocycles. The highest BCUT2D eigenvalue weighted by atomic mass is 79.9. The lowest BCUT2D eigenvalue weighted by molar-refractivity contribution is 0.102. The Hall–Kier alpha value is -1.40. The van der Waals surface area contributed by atoms with Crippen LogP contribution in [0.3, 0.4) is 0 Å². The summed E-state index contributed by atoms with van der Waals surface area (Å²) in [5, 5.41) is 2.73. The predicted octanol–water partition coefficient (Wildman–Crippen LogP) is 3.15. The van der Waals surface area contributed by atoms with Gasteiger partial charge in [-0.25, -0.2) is 0 Å².